The van der Waals surface area contributed by atoms with E-state index in [1.807, 2.05) is 63.2 Å². The quantitative estimate of drug-likeness (QED) is 0.522. The van der Waals surface area contributed by atoms with Crippen LogP contribution in [0.4, 0.5) is 0 Å². The summed E-state index contributed by atoms with van der Waals surface area (Å²) in [4.78, 5) is 40.8. The van der Waals surface area contributed by atoms with E-state index in [0.29, 0.717) is 32.5 Å². The zero-order chi connectivity index (χ0) is 24.7. The van der Waals surface area contributed by atoms with Crippen molar-refractivity contribution in [3.63, 3.8) is 0 Å². The Morgan fingerprint density at radius 1 is 1.12 bits per heavy atom. The van der Waals surface area contributed by atoms with Crippen molar-refractivity contribution in [2.75, 3.05) is 19.6 Å². The van der Waals surface area contributed by atoms with Crippen LogP contribution in [-0.2, 0) is 20.8 Å². The minimum atomic E-state index is -0.757. The minimum absolute atomic E-state index is 0.0485. The number of benzene rings is 2. The van der Waals surface area contributed by atoms with Gasteiger partial charge < -0.3 is 21.3 Å². The van der Waals surface area contributed by atoms with Crippen molar-refractivity contribution in [3.05, 3.63) is 60.2 Å². The highest BCUT2D eigenvalue weighted by Crippen LogP contribution is 2.26. The number of carbonyl (C=O) groups excluding carboxylic acids is 3. The maximum absolute atomic E-state index is 13.3. The van der Waals surface area contributed by atoms with Crippen molar-refractivity contribution in [2.45, 2.75) is 52.1 Å². The molecule has 7 nitrogen and oxygen atoms in total. The molecule has 0 aliphatic carbocycles. The summed E-state index contributed by atoms with van der Waals surface area (Å²) >= 11 is 0. The van der Waals surface area contributed by atoms with Gasteiger partial charge in [0.05, 0.1) is 0 Å². The van der Waals surface area contributed by atoms with E-state index in [0.717, 1.165) is 22.8 Å². The number of rotatable bonds is 8. The lowest BCUT2D eigenvalue weighted by Gasteiger charge is -2.31. The van der Waals surface area contributed by atoms with Crippen molar-refractivity contribution in [1.29, 1.82) is 0 Å². The van der Waals surface area contributed by atoms with E-state index >= 15 is 0 Å². The first-order valence-corrected chi connectivity index (χ1v) is 11.9. The summed E-state index contributed by atoms with van der Waals surface area (Å²) in [6.07, 6.45) is 5.27. The fraction of sp³-hybridized carbons (Fsp3) is 0.444. The van der Waals surface area contributed by atoms with E-state index in [1.165, 1.54) is 0 Å². The van der Waals surface area contributed by atoms with Gasteiger partial charge in [0.2, 0.25) is 17.7 Å². The molecule has 0 aromatic heterocycles. The van der Waals surface area contributed by atoms with Crippen molar-refractivity contribution in [2.24, 2.45) is 11.1 Å². The Kier molecular flexibility index (Phi) is 8.45. The number of nitrogens with zero attached hydrogens (tertiary/aromatic N) is 1. The summed E-state index contributed by atoms with van der Waals surface area (Å²) < 4.78 is 0. The van der Waals surface area contributed by atoms with Gasteiger partial charge in [-0.25, -0.2) is 0 Å². The molecule has 3 amide bonds. The van der Waals surface area contributed by atoms with Gasteiger partial charge in [0.1, 0.15) is 12.1 Å². The lowest BCUT2D eigenvalue weighted by molar-refractivity contribution is -0.145. The molecular formula is C27H36N4O3. The maximum Gasteiger partial charge on any atom is 0.243 e. The zero-order valence-electron chi connectivity index (χ0n) is 20.3. The first-order chi connectivity index (χ1) is 16.2. The van der Waals surface area contributed by atoms with E-state index in [9.17, 15) is 14.4 Å². The molecular weight excluding hydrogens is 428 g/mol. The monoisotopic (exact) mass is 464 g/mol. The molecule has 0 bridgehead atoms. The molecule has 0 radical (unpaired) electrons. The third-order valence-corrected chi connectivity index (χ3v) is 6.04. The number of nitrogens with one attached hydrogen (secondary N) is 2. The Morgan fingerprint density at radius 3 is 2.56 bits per heavy atom. The Bertz CT molecular complexity index is 1060. The smallest absolute Gasteiger partial charge is 0.243 e. The molecule has 182 valence electrons. The van der Waals surface area contributed by atoms with Crippen LogP contribution in [0.3, 0.4) is 0 Å². The van der Waals surface area contributed by atoms with Crippen molar-refractivity contribution in [1.82, 2.24) is 15.5 Å². The molecule has 2 atom stereocenters. The van der Waals surface area contributed by atoms with Crippen LogP contribution in [0.15, 0.2) is 54.6 Å². The Morgan fingerprint density at radius 2 is 1.85 bits per heavy atom. The molecule has 1 heterocycles. The summed E-state index contributed by atoms with van der Waals surface area (Å²) in [6, 6.07) is 12.8. The summed E-state index contributed by atoms with van der Waals surface area (Å²) in [7, 11) is 0. The molecule has 7 heteroatoms. The van der Waals surface area contributed by atoms with E-state index in [-0.39, 0.29) is 17.7 Å². The Hall–Kier alpha value is -3.19. The number of hydrogen-bond acceptors (Lipinski definition) is 4. The molecule has 2 aromatic rings. The SMILES string of the molecule is CC(C)(C)C(=O)N1CCCC1C(=O)N[C@H](Cc1ccc2ccccc2c1)C(=O)NCC=CCN. The second-order valence-corrected chi connectivity index (χ2v) is 9.81. The van der Waals surface area contributed by atoms with Crippen molar-refractivity contribution in [3.8, 4) is 0 Å². The number of carbonyl (C=O) groups is 3. The van der Waals surface area contributed by atoms with Gasteiger partial charge in [-0.15, -0.1) is 0 Å². The first kappa shape index (κ1) is 25.4. The summed E-state index contributed by atoms with van der Waals surface area (Å²) in [5.74, 6) is -0.601. The fourth-order valence-electron chi connectivity index (χ4n) is 4.25. The molecule has 34 heavy (non-hydrogen) atoms. The van der Waals surface area contributed by atoms with Gasteiger partial charge in [-0.05, 0) is 29.2 Å². The van der Waals surface area contributed by atoms with E-state index in [1.54, 1.807) is 17.1 Å². The van der Waals surface area contributed by atoms with Crippen LogP contribution in [0.1, 0.15) is 39.2 Å². The second-order valence-electron chi connectivity index (χ2n) is 9.81. The molecule has 3 rings (SSSR count). The highest BCUT2D eigenvalue weighted by Gasteiger charge is 2.39. The highest BCUT2D eigenvalue weighted by atomic mass is 16.2. The molecule has 1 saturated heterocycles. The van der Waals surface area contributed by atoms with E-state index in [2.05, 4.69) is 10.6 Å². The molecule has 0 saturated carbocycles. The van der Waals surface area contributed by atoms with E-state index in [4.69, 9.17) is 5.73 Å². The fourth-order valence-corrected chi connectivity index (χ4v) is 4.25. The standard InChI is InChI=1S/C27H36N4O3/c1-27(2,3)26(34)31-16-8-11-23(31)25(33)30-22(24(32)29-15-7-6-14-28)18-19-12-13-20-9-4-5-10-21(20)17-19/h4-7,9-10,12-13,17,22-23H,8,11,14-16,18,28H2,1-3H3,(H,29,32)(H,30,33)/t22-,23?/m1/s1. The van der Waals surface area contributed by atoms with Crippen LogP contribution < -0.4 is 16.4 Å². The van der Waals surface area contributed by atoms with Gasteiger partial charge in [0.15, 0.2) is 0 Å². The second kappa shape index (κ2) is 11.3. The van der Waals surface area contributed by atoms with Crippen LogP contribution in [0, 0.1) is 5.41 Å². The topological polar surface area (TPSA) is 105 Å². The average molecular weight is 465 g/mol. The first-order valence-electron chi connectivity index (χ1n) is 11.9. The highest BCUT2D eigenvalue weighted by molar-refractivity contribution is 5.93. The van der Waals surface area contributed by atoms with Crippen molar-refractivity contribution < 1.29 is 14.4 Å². The number of nitrogens with two attached hydrogens (primary N) is 1. The number of hydrogen-bond donors (Lipinski definition) is 3. The summed E-state index contributed by atoms with van der Waals surface area (Å²) in [5, 5.41) is 7.99. The summed E-state index contributed by atoms with van der Waals surface area (Å²) in [5.41, 5.74) is 5.85. The lowest BCUT2D eigenvalue weighted by Crippen LogP contribution is -2.55. The normalized spacial score (nSPS) is 17.2. The molecule has 2 aromatic carbocycles. The molecule has 1 unspecified atom stereocenters. The molecule has 1 fully saturated rings. The molecule has 1 aliphatic rings. The predicted molar refractivity (Wildman–Crippen MR) is 135 cm³/mol. The largest absolute Gasteiger partial charge is 0.351 e. The number of likely N-dealkylation sites (tertiary alicyclic amines) is 1. The predicted octanol–water partition coefficient (Wildman–Crippen LogP) is 2.54. The third kappa shape index (κ3) is 6.44. The van der Waals surface area contributed by atoms with Crippen molar-refractivity contribution >= 4 is 28.5 Å². The Labute approximate surface area is 201 Å². The van der Waals surface area contributed by atoms with Gasteiger partial charge >= 0.3 is 0 Å². The molecule has 0 spiro atoms. The van der Waals surface area contributed by atoms with Gasteiger partial charge in [-0.2, -0.15) is 0 Å². The van der Waals surface area contributed by atoms with Crippen LogP contribution in [0.2, 0.25) is 0 Å². The molecule has 1 aliphatic heterocycles. The van der Waals surface area contributed by atoms with Gasteiger partial charge in [0, 0.05) is 31.5 Å². The van der Waals surface area contributed by atoms with Gasteiger partial charge in [-0.3, -0.25) is 14.4 Å². The van der Waals surface area contributed by atoms with Crippen LogP contribution in [0.5, 0.6) is 0 Å². The lowest BCUT2D eigenvalue weighted by atomic mass is 9.94. The average Bonchev–Trinajstić information content (AvgIpc) is 3.30. The maximum atomic E-state index is 13.3. The number of fused-ring (bicyclic) bond motifs is 1. The summed E-state index contributed by atoms with van der Waals surface area (Å²) in [6.45, 7) is 6.85. The van der Waals surface area contributed by atoms with Crippen LogP contribution in [0.25, 0.3) is 10.8 Å². The molecule has 4 N–H and O–H groups in total. The van der Waals surface area contributed by atoms with Crippen LogP contribution in [-0.4, -0.2) is 54.3 Å². The zero-order valence-corrected chi connectivity index (χ0v) is 20.3. The van der Waals surface area contributed by atoms with Gasteiger partial charge in [0.25, 0.3) is 0 Å². The van der Waals surface area contributed by atoms with Gasteiger partial charge in [-0.1, -0.05) is 75.4 Å². The third-order valence-electron chi connectivity index (χ3n) is 6.04. The van der Waals surface area contributed by atoms with E-state index < -0.39 is 17.5 Å². The number of amides is 3. The van der Waals surface area contributed by atoms with Crippen LogP contribution >= 0.6 is 0 Å². The Balaban J connectivity index is 1.78. The minimum Gasteiger partial charge on any atom is -0.351 e.